The first-order valence-electron chi connectivity index (χ1n) is 7.70. The van der Waals surface area contributed by atoms with Crippen molar-refractivity contribution in [1.82, 2.24) is 15.5 Å². The van der Waals surface area contributed by atoms with Crippen LogP contribution in [0, 0.1) is 0 Å². The third-order valence-corrected chi connectivity index (χ3v) is 4.06. The number of thiol groups is 1. The molecule has 0 saturated carbocycles. The highest BCUT2D eigenvalue weighted by molar-refractivity contribution is 7.98. The molecule has 0 radical (unpaired) electrons. The molecular weight excluding hydrogens is 322 g/mol. The summed E-state index contributed by atoms with van der Waals surface area (Å²) in [5.41, 5.74) is 0. The van der Waals surface area contributed by atoms with Crippen LogP contribution in [-0.4, -0.2) is 86.8 Å². The van der Waals surface area contributed by atoms with Gasteiger partial charge in [0, 0.05) is 38.6 Å². The largest absolute Gasteiger partial charge is 0.379 e. The molecule has 1 aliphatic rings. The van der Waals surface area contributed by atoms with Gasteiger partial charge in [0.2, 0.25) is 5.91 Å². The van der Waals surface area contributed by atoms with E-state index >= 15 is 0 Å². The van der Waals surface area contributed by atoms with Gasteiger partial charge in [-0.2, -0.15) is 12.6 Å². The maximum absolute atomic E-state index is 11.5. The third-order valence-electron chi connectivity index (χ3n) is 3.33. The highest BCUT2D eigenvalue weighted by Gasteiger charge is 2.21. The van der Waals surface area contributed by atoms with Crippen LogP contribution in [0.2, 0.25) is 0 Å². The average Bonchev–Trinajstić information content (AvgIpc) is 2.52. The van der Waals surface area contributed by atoms with Crippen molar-refractivity contribution in [2.24, 2.45) is 0 Å². The van der Waals surface area contributed by atoms with E-state index in [0.29, 0.717) is 13.2 Å². The van der Waals surface area contributed by atoms with Crippen molar-refractivity contribution >= 4 is 30.3 Å². The van der Waals surface area contributed by atoms with Crippen LogP contribution in [0.4, 0.5) is 0 Å². The minimum absolute atomic E-state index is 0.0491. The van der Waals surface area contributed by atoms with Crippen molar-refractivity contribution in [3.05, 3.63) is 0 Å². The lowest BCUT2D eigenvalue weighted by Crippen LogP contribution is -2.49. The average molecular weight is 352 g/mol. The Balaban J connectivity index is 2.06. The van der Waals surface area contributed by atoms with Gasteiger partial charge in [0.25, 0.3) is 0 Å². The Bertz CT molecular complexity index is 309. The van der Waals surface area contributed by atoms with Crippen LogP contribution < -0.4 is 10.6 Å². The van der Waals surface area contributed by atoms with Gasteiger partial charge in [-0.1, -0.05) is 0 Å². The lowest BCUT2D eigenvalue weighted by Gasteiger charge is -2.33. The fraction of sp³-hybridized carbons (Fsp3) is 0.929. The van der Waals surface area contributed by atoms with Gasteiger partial charge >= 0.3 is 0 Å². The van der Waals surface area contributed by atoms with Crippen LogP contribution in [0.1, 0.15) is 6.92 Å². The van der Waals surface area contributed by atoms with Crippen LogP contribution in [0.5, 0.6) is 0 Å². The number of carbonyl (C=O) groups is 1. The molecule has 1 rings (SSSR count). The zero-order chi connectivity index (χ0) is 16.2. The first-order chi connectivity index (χ1) is 10.6. The summed E-state index contributed by atoms with van der Waals surface area (Å²) in [5, 5.41) is 5.85. The van der Waals surface area contributed by atoms with Gasteiger partial charge < -0.3 is 20.1 Å². The van der Waals surface area contributed by atoms with Crippen molar-refractivity contribution in [2.75, 3.05) is 64.7 Å². The lowest BCUT2D eigenvalue weighted by atomic mass is 10.2. The SMILES string of the molecule is CSCNCCOCCN1CCOC(CNC(=O)C(C)S)C1. The van der Waals surface area contributed by atoms with Gasteiger partial charge in [-0.05, 0) is 13.2 Å². The lowest BCUT2D eigenvalue weighted by molar-refractivity contribution is -0.121. The Morgan fingerprint density at radius 1 is 1.55 bits per heavy atom. The predicted octanol–water partition coefficient (Wildman–Crippen LogP) is 0.0484. The summed E-state index contributed by atoms with van der Waals surface area (Å²) < 4.78 is 11.3. The van der Waals surface area contributed by atoms with Gasteiger partial charge in [0.05, 0.1) is 31.2 Å². The predicted molar refractivity (Wildman–Crippen MR) is 94.8 cm³/mol. The molecule has 2 unspecified atom stereocenters. The van der Waals surface area contributed by atoms with Crippen LogP contribution in [0.25, 0.3) is 0 Å². The molecule has 0 aromatic carbocycles. The smallest absolute Gasteiger partial charge is 0.232 e. The molecule has 6 nitrogen and oxygen atoms in total. The van der Waals surface area contributed by atoms with Crippen LogP contribution >= 0.6 is 24.4 Å². The number of carbonyl (C=O) groups excluding carboxylic acids is 1. The Morgan fingerprint density at radius 2 is 2.36 bits per heavy atom. The number of nitrogens with zero attached hydrogens (tertiary/aromatic N) is 1. The van der Waals surface area contributed by atoms with Gasteiger partial charge in [-0.15, -0.1) is 11.8 Å². The molecule has 1 aliphatic heterocycles. The maximum atomic E-state index is 11.5. The first-order valence-corrected chi connectivity index (χ1v) is 9.61. The summed E-state index contributed by atoms with van der Waals surface area (Å²) in [4.78, 5) is 13.8. The Hall–Kier alpha value is 0.01000. The monoisotopic (exact) mass is 351 g/mol. The van der Waals surface area contributed by atoms with Gasteiger partial charge in [-0.25, -0.2) is 0 Å². The van der Waals surface area contributed by atoms with Crippen molar-refractivity contribution in [1.29, 1.82) is 0 Å². The summed E-state index contributed by atoms with van der Waals surface area (Å²) in [6, 6.07) is 0. The van der Waals surface area contributed by atoms with Crippen LogP contribution in [0.3, 0.4) is 0 Å². The van der Waals surface area contributed by atoms with E-state index in [2.05, 4.69) is 34.4 Å². The highest BCUT2D eigenvalue weighted by atomic mass is 32.2. The Kier molecular flexibility index (Phi) is 11.3. The molecule has 1 fully saturated rings. The van der Waals surface area contributed by atoms with Gasteiger partial charge in [0.1, 0.15) is 0 Å². The van der Waals surface area contributed by atoms with E-state index < -0.39 is 0 Å². The molecule has 22 heavy (non-hydrogen) atoms. The second-order valence-electron chi connectivity index (χ2n) is 5.26. The van der Waals surface area contributed by atoms with Gasteiger partial charge in [0.15, 0.2) is 0 Å². The molecule has 0 spiro atoms. The summed E-state index contributed by atoms with van der Waals surface area (Å²) in [5.74, 6) is 0.913. The summed E-state index contributed by atoms with van der Waals surface area (Å²) in [6.45, 7) is 8.01. The van der Waals surface area contributed by atoms with Crippen molar-refractivity contribution in [3.63, 3.8) is 0 Å². The van der Waals surface area contributed by atoms with E-state index in [0.717, 1.165) is 45.3 Å². The molecule has 1 heterocycles. The van der Waals surface area contributed by atoms with E-state index in [4.69, 9.17) is 9.47 Å². The molecule has 2 atom stereocenters. The van der Waals surface area contributed by atoms with E-state index in [1.165, 1.54) is 0 Å². The number of hydrogen-bond acceptors (Lipinski definition) is 7. The maximum Gasteiger partial charge on any atom is 0.232 e. The fourth-order valence-electron chi connectivity index (χ4n) is 2.08. The standard InChI is InChI=1S/C14H29N3O3S2/c1-12(21)14(18)16-9-13-10-17(5-8-20-13)4-7-19-6-3-15-11-22-2/h12-13,15,21H,3-11H2,1-2H3,(H,16,18). The Labute approximate surface area is 143 Å². The fourth-order valence-corrected chi connectivity index (χ4v) is 2.52. The molecule has 0 aromatic rings. The minimum Gasteiger partial charge on any atom is -0.379 e. The van der Waals surface area contributed by atoms with Crippen LogP contribution in [-0.2, 0) is 14.3 Å². The van der Waals surface area contributed by atoms with Crippen molar-refractivity contribution in [2.45, 2.75) is 18.3 Å². The minimum atomic E-state index is -0.284. The number of amides is 1. The molecule has 130 valence electrons. The van der Waals surface area contributed by atoms with E-state index in [9.17, 15) is 4.79 Å². The van der Waals surface area contributed by atoms with Crippen LogP contribution in [0.15, 0.2) is 0 Å². The highest BCUT2D eigenvalue weighted by Crippen LogP contribution is 2.04. The second kappa shape index (κ2) is 12.4. The van der Waals surface area contributed by atoms with E-state index in [1.807, 2.05) is 0 Å². The topological polar surface area (TPSA) is 62.8 Å². The zero-order valence-electron chi connectivity index (χ0n) is 13.5. The molecule has 0 aliphatic carbocycles. The zero-order valence-corrected chi connectivity index (χ0v) is 15.3. The summed E-state index contributed by atoms with van der Waals surface area (Å²) in [6.07, 6.45) is 2.12. The first kappa shape index (κ1) is 20.1. The summed E-state index contributed by atoms with van der Waals surface area (Å²) in [7, 11) is 0. The number of nitrogens with one attached hydrogen (secondary N) is 2. The second-order valence-corrected chi connectivity index (χ2v) is 6.90. The number of rotatable bonds is 11. The van der Waals surface area contributed by atoms with E-state index in [1.54, 1.807) is 18.7 Å². The molecule has 0 aromatic heterocycles. The molecule has 1 amide bonds. The van der Waals surface area contributed by atoms with Crippen molar-refractivity contribution < 1.29 is 14.3 Å². The number of morpholine rings is 1. The van der Waals surface area contributed by atoms with Crippen molar-refractivity contribution in [3.8, 4) is 0 Å². The quantitative estimate of drug-likeness (QED) is 0.278. The summed E-state index contributed by atoms with van der Waals surface area (Å²) >= 11 is 5.88. The molecule has 0 bridgehead atoms. The molecule has 8 heteroatoms. The molecule has 1 saturated heterocycles. The molecular formula is C14H29N3O3S2. The number of ether oxygens (including phenoxy) is 2. The molecule has 2 N–H and O–H groups in total. The number of thioether (sulfide) groups is 1. The normalized spacial score (nSPS) is 20.8. The van der Waals surface area contributed by atoms with Gasteiger partial charge in [-0.3, -0.25) is 9.69 Å². The Morgan fingerprint density at radius 3 is 3.09 bits per heavy atom. The van der Waals surface area contributed by atoms with E-state index in [-0.39, 0.29) is 17.3 Å². The number of hydrogen-bond donors (Lipinski definition) is 3. The third kappa shape index (κ3) is 9.22.